The lowest BCUT2D eigenvalue weighted by Crippen LogP contribution is -2.22. The zero-order valence-corrected chi connectivity index (χ0v) is 12.5. The second-order valence-corrected chi connectivity index (χ2v) is 5.56. The van der Waals surface area contributed by atoms with E-state index < -0.39 is 5.97 Å². The van der Waals surface area contributed by atoms with Crippen LogP contribution in [0.2, 0.25) is 0 Å². The van der Waals surface area contributed by atoms with Crippen LogP contribution in [0.3, 0.4) is 0 Å². The van der Waals surface area contributed by atoms with E-state index in [0.29, 0.717) is 35.2 Å². The van der Waals surface area contributed by atoms with Crippen LogP contribution < -0.4 is 10.9 Å². The van der Waals surface area contributed by atoms with E-state index in [9.17, 15) is 14.4 Å². The first-order valence-electron chi connectivity index (χ1n) is 6.38. The van der Waals surface area contributed by atoms with E-state index in [1.165, 1.54) is 10.9 Å². The number of amides is 1. The van der Waals surface area contributed by atoms with Gasteiger partial charge in [0.05, 0.1) is 11.7 Å². The first kappa shape index (κ1) is 15.2. The Morgan fingerprint density at radius 2 is 2.19 bits per heavy atom. The van der Waals surface area contributed by atoms with Gasteiger partial charge < -0.3 is 10.4 Å². The maximum atomic E-state index is 12.4. The van der Waals surface area contributed by atoms with Crippen LogP contribution in [-0.2, 0) is 11.3 Å². The first-order chi connectivity index (χ1) is 9.95. The fourth-order valence-corrected chi connectivity index (χ4v) is 3.04. The minimum Gasteiger partial charge on any atom is -0.477 e. The van der Waals surface area contributed by atoms with Gasteiger partial charge in [0.25, 0.3) is 5.56 Å². The normalized spacial score (nSPS) is 10.8. The number of aromatic nitrogens is 2. The van der Waals surface area contributed by atoms with Crippen molar-refractivity contribution in [1.29, 1.82) is 0 Å². The van der Waals surface area contributed by atoms with Crippen molar-refractivity contribution in [3.63, 3.8) is 0 Å². The summed E-state index contributed by atoms with van der Waals surface area (Å²) in [6.07, 6.45) is 2.24. The largest absolute Gasteiger partial charge is 0.477 e. The summed E-state index contributed by atoms with van der Waals surface area (Å²) in [7, 11) is 1.56. The summed E-state index contributed by atoms with van der Waals surface area (Å²) in [5.74, 6) is -1.14. The van der Waals surface area contributed by atoms with E-state index >= 15 is 0 Å². The van der Waals surface area contributed by atoms with E-state index in [1.807, 2.05) is 0 Å². The quantitative estimate of drug-likeness (QED) is 0.857. The van der Waals surface area contributed by atoms with Crippen LogP contribution in [0.4, 0.5) is 0 Å². The Labute approximate surface area is 124 Å². The summed E-state index contributed by atoms with van der Waals surface area (Å²) in [4.78, 5) is 39.3. The highest BCUT2D eigenvalue weighted by atomic mass is 32.1. The van der Waals surface area contributed by atoms with E-state index in [-0.39, 0.29) is 16.3 Å². The van der Waals surface area contributed by atoms with E-state index in [4.69, 9.17) is 5.11 Å². The molecule has 0 aliphatic rings. The van der Waals surface area contributed by atoms with Crippen LogP contribution in [-0.4, -0.2) is 33.6 Å². The van der Waals surface area contributed by atoms with Crippen molar-refractivity contribution < 1.29 is 14.7 Å². The van der Waals surface area contributed by atoms with Gasteiger partial charge in [-0.2, -0.15) is 0 Å². The number of carboxylic acid groups (broad SMARTS) is 1. The number of rotatable bonds is 5. The molecule has 2 aromatic rings. The molecular formula is C13H15N3O4S. The number of aryl methyl sites for hydroxylation is 2. The Hall–Kier alpha value is -2.22. The van der Waals surface area contributed by atoms with Gasteiger partial charge in [-0.1, -0.05) is 0 Å². The molecule has 2 aromatic heterocycles. The van der Waals surface area contributed by atoms with E-state index in [1.54, 1.807) is 14.0 Å². The first-order valence-corrected chi connectivity index (χ1v) is 7.19. The molecule has 0 atom stereocenters. The molecule has 0 saturated heterocycles. The molecule has 2 N–H and O–H groups in total. The Bertz CT molecular complexity index is 763. The summed E-state index contributed by atoms with van der Waals surface area (Å²) in [5.41, 5.74) is 0.179. The second kappa shape index (κ2) is 6.04. The fraction of sp³-hybridized carbons (Fsp3) is 0.385. The van der Waals surface area contributed by atoms with Gasteiger partial charge in [-0.25, -0.2) is 9.78 Å². The predicted molar refractivity (Wildman–Crippen MR) is 78.9 cm³/mol. The Morgan fingerprint density at radius 3 is 2.81 bits per heavy atom. The molecule has 0 bridgehead atoms. The van der Waals surface area contributed by atoms with Gasteiger partial charge in [0.1, 0.15) is 9.71 Å². The van der Waals surface area contributed by atoms with Gasteiger partial charge in [-0.15, -0.1) is 11.3 Å². The molecule has 8 heteroatoms. The minimum atomic E-state index is -1.05. The average molecular weight is 309 g/mol. The molecule has 2 rings (SSSR count). The van der Waals surface area contributed by atoms with Crippen LogP contribution >= 0.6 is 11.3 Å². The lowest BCUT2D eigenvalue weighted by atomic mass is 10.2. The fourth-order valence-electron chi connectivity index (χ4n) is 2.06. The average Bonchev–Trinajstić information content (AvgIpc) is 2.79. The SMILES string of the molecule is CNC(=O)CCCn1cnc2sc(C(=O)O)c(C)c2c1=O. The van der Waals surface area contributed by atoms with Gasteiger partial charge in [0.2, 0.25) is 5.91 Å². The van der Waals surface area contributed by atoms with Crippen LogP contribution in [0.25, 0.3) is 10.2 Å². The maximum Gasteiger partial charge on any atom is 0.346 e. The van der Waals surface area contributed by atoms with E-state index in [2.05, 4.69) is 10.3 Å². The summed E-state index contributed by atoms with van der Waals surface area (Å²) in [6, 6.07) is 0. The van der Waals surface area contributed by atoms with Crippen LogP contribution in [0.5, 0.6) is 0 Å². The number of carbonyl (C=O) groups excluding carboxylic acids is 1. The smallest absolute Gasteiger partial charge is 0.346 e. The molecule has 0 saturated carbocycles. The summed E-state index contributed by atoms with van der Waals surface area (Å²) in [6.45, 7) is 1.98. The van der Waals surface area contributed by atoms with Gasteiger partial charge in [-0.05, 0) is 18.9 Å². The van der Waals surface area contributed by atoms with Crippen LogP contribution in [0.15, 0.2) is 11.1 Å². The number of hydrogen-bond donors (Lipinski definition) is 2. The predicted octanol–water partition coefficient (Wildman–Crippen LogP) is 0.991. The molecule has 0 aromatic carbocycles. The van der Waals surface area contributed by atoms with E-state index in [0.717, 1.165) is 11.3 Å². The lowest BCUT2D eigenvalue weighted by molar-refractivity contribution is -0.120. The van der Waals surface area contributed by atoms with Gasteiger partial charge in [-0.3, -0.25) is 14.2 Å². The topological polar surface area (TPSA) is 101 Å². The van der Waals surface area contributed by atoms with Crippen molar-refractivity contribution in [3.05, 3.63) is 27.1 Å². The van der Waals surface area contributed by atoms with Crippen LogP contribution in [0.1, 0.15) is 28.1 Å². The molecule has 7 nitrogen and oxygen atoms in total. The summed E-state index contributed by atoms with van der Waals surface area (Å²) in [5, 5.41) is 11.9. The third-order valence-corrected chi connectivity index (χ3v) is 4.38. The number of carboxylic acids is 1. The highest BCUT2D eigenvalue weighted by molar-refractivity contribution is 7.20. The van der Waals surface area contributed by atoms with Crippen molar-refractivity contribution in [2.75, 3.05) is 7.05 Å². The molecule has 21 heavy (non-hydrogen) atoms. The Morgan fingerprint density at radius 1 is 1.48 bits per heavy atom. The standard InChI is InChI=1S/C13H15N3O4S/c1-7-9-11(21-10(7)13(19)20)15-6-16(12(9)18)5-3-4-8(17)14-2/h6H,3-5H2,1-2H3,(H,14,17)(H,19,20). The molecule has 2 heterocycles. The van der Waals surface area contributed by atoms with Crippen molar-refractivity contribution in [1.82, 2.24) is 14.9 Å². The highest BCUT2D eigenvalue weighted by Crippen LogP contribution is 2.26. The van der Waals surface area contributed by atoms with Crippen molar-refractivity contribution in [2.24, 2.45) is 0 Å². The molecule has 112 valence electrons. The van der Waals surface area contributed by atoms with Crippen molar-refractivity contribution in [2.45, 2.75) is 26.3 Å². The number of carbonyl (C=O) groups is 2. The Balaban J connectivity index is 2.33. The third-order valence-electron chi connectivity index (χ3n) is 3.19. The zero-order valence-electron chi connectivity index (χ0n) is 11.7. The minimum absolute atomic E-state index is 0.0861. The molecule has 0 aliphatic heterocycles. The van der Waals surface area contributed by atoms with Gasteiger partial charge >= 0.3 is 5.97 Å². The number of hydrogen-bond acceptors (Lipinski definition) is 5. The molecule has 0 aliphatic carbocycles. The number of nitrogens with one attached hydrogen (secondary N) is 1. The molecule has 0 radical (unpaired) electrons. The third kappa shape index (κ3) is 2.94. The van der Waals surface area contributed by atoms with Gasteiger partial charge in [0.15, 0.2) is 0 Å². The zero-order chi connectivity index (χ0) is 15.6. The summed E-state index contributed by atoms with van der Waals surface area (Å²) < 4.78 is 1.41. The van der Waals surface area contributed by atoms with Crippen molar-refractivity contribution >= 4 is 33.4 Å². The number of thiophene rings is 1. The molecule has 0 unspecified atom stereocenters. The Kier molecular flexibility index (Phi) is 4.37. The number of aromatic carboxylic acids is 1. The summed E-state index contributed by atoms with van der Waals surface area (Å²) >= 11 is 0.999. The highest BCUT2D eigenvalue weighted by Gasteiger charge is 2.18. The maximum absolute atomic E-state index is 12.4. The molecular weight excluding hydrogens is 294 g/mol. The molecule has 1 amide bonds. The van der Waals surface area contributed by atoms with Gasteiger partial charge in [0, 0.05) is 20.0 Å². The van der Waals surface area contributed by atoms with Crippen LogP contribution in [0, 0.1) is 6.92 Å². The second-order valence-electron chi connectivity index (χ2n) is 4.56. The number of nitrogens with zero attached hydrogens (tertiary/aromatic N) is 2. The molecule has 0 fully saturated rings. The van der Waals surface area contributed by atoms with Crippen molar-refractivity contribution in [3.8, 4) is 0 Å². The number of fused-ring (bicyclic) bond motifs is 1. The lowest BCUT2D eigenvalue weighted by Gasteiger charge is -2.05. The molecule has 0 spiro atoms. The monoisotopic (exact) mass is 309 g/mol.